The standard InChI is InChI=1S/C34H58O7/c1-5-6-7-8-9-10-11-12-13-14-15-16-17-18-20-34(4)21-19-25-23(2)28(36)24(3)27(32(25)41-34)33-31(39)30(38)29(37)26(22-35)40-33/h26,29-31,33,35-39H,5-22H2,1-4H3/t26-,29-,30+,31-,33+,34?/m1/s1. The van der Waals surface area contributed by atoms with Gasteiger partial charge in [-0.1, -0.05) is 90.4 Å². The van der Waals surface area contributed by atoms with Crippen molar-refractivity contribution in [2.75, 3.05) is 6.61 Å². The van der Waals surface area contributed by atoms with Crippen molar-refractivity contribution >= 4 is 0 Å². The van der Waals surface area contributed by atoms with Gasteiger partial charge in [0, 0.05) is 16.7 Å². The molecule has 7 heteroatoms. The van der Waals surface area contributed by atoms with Crippen LogP contribution in [0.5, 0.6) is 11.5 Å². The van der Waals surface area contributed by atoms with Crippen molar-refractivity contribution in [3.8, 4) is 11.5 Å². The molecular formula is C34H58O7. The average molecular weight is 579 g/mol. The minimum absolute atomic E-state index is 0.120. The maximum Gasteiger partial charge on any atom is 0.130 e. The predicted octanol–water partition coefficient (Wildman–Crippen LogP) is 6.48. The van der Waals surface area contributed by atoms with Crippen molar-refractivity contribution in [3.05, 3.63) is 22.3 Å². The number of rotatable bonds is 17. The topological polar surface area (TPSA) is 120 Å². The first-order chi connectivity index (χ1) is 19.6. The molecule has 5 N–H and O–H groups in total. The molecule has 0 radical (unpaired) electrons. The van der Waals surface area contributed by atoms with Crippen molar-refractivity contribution in [1.82, 2.24) is 0 Å². The van der Waals surface area contributed by atoms with Gasteiger partial charge in [-0.3, -0.25) is 0 Å². The fourth-order valence-electron chi connectivity index (χ4n) is 6.71. The lowest BCUT2D eigenvalue weighted by Crippen LogP contribution is -2.55. The van der Waals surface area contributed by atoms with Crippen LogP contribution in [0.25, 0.3) is 0 Å². The summed E-state index contributed by atoms with van der Waals surface area (Å²) in [7, 11) is 0. The molecular weight excluding hydrogens is 520 g/mol. The predicted molar refractivity (Wildman–Crippen MR) is 163 cm³/mol. The van der Waals surface area contributed by atoms with E-state index in [-0.39, 0.29) is 11.4 Å². The molecule has 1 aromatic rings. The molecule has 0 aromatic heterocycles. The Morgan fingerprint density at radius 3 is 1.83 bits per heavy atom. The number of benzene rings is 1. The highest BCUT2D eigenvalue weighted by Crippen LogP contribution is 2.49. The van der Waals surface area contributed by atoms with E-state index in [4.69, 9.17) is 9.47 Å². The van der Waals surface area contributed by atoms with Gasteiger partial charge in [0.1, 0.15) is 47.6 Å². The van der Waals surface area contributed by atoms with Crippen LogP contribution in [0.3, 0.4) is 0 Å². The van der Waals surface area contributed by atoms with Gasteiger partial charge in [0.25, 0.3) is 0 Å². The molecule has 41 heavy (non-hydrogen) atoms. The number of ether oxygens (including phenoxy) is 2. The molecule has 6 atom stereocenters. The minimum Gasteiger partial charge on any atom is -0.507 e. The van der Waals surface area contributed by atoms with Gasteiger partial charge in [-0.2, -0.15) is 0 Å². The van der Waals surface area contributed by atoms with E-state index in [1.54, 1.807) is 6.92 Å². The van der Waals surface area contributed by atoms with Crippen molar-refractivity contribution < 1.29 is 35.0 Å². The molecule has 2 aliphatic heterocycles. The highest BCUT2D eigenvalue weighted by Gasteiger charge is 2.47. The Labute approximate surface area is 248 Å². The minimum atomic E-state index is -1.49. The number of aliphatic hydroxyl groups excluding tert-OH is 4. The van der Waals surface area contributed by atoms with Crippen LogP contribution >= 0.6 is 0 Å². The Morgan fingerprint density at radius 1 is 0.756 bits per heavy atom. The highest BCUT2D eigenvalue weighted by molar-refractivity contribution is 5.60. The van der Waals surface area contributed by atoms with Crippen LogP contribution in [0, 0.1) is 13.8 Å². The molecule has 0 aliphatic carbocycles. The number of phenols is 1. The first-order valence-electron chi connectivity index (χ1n) is 16.5. The Morgan fingerprint density at radius 2 is 1.29 bits per heavy atom. The molecule has 2 aliphatic rings. The van der Waals surface area contributed by atoms with Crippen LogP contribution in [0.4, 0.5) is 0 Å². The van der Waals surface area contributed by atoms with Gasteiger partial charge < -0.3 is 35.0 Å². The van der Waals surface area contributed by atoms with E-state index < -0.39 is 37.1 Å². The molecule has 236 valence electrons. The van der Waals surface area contributed by atoms with Gasteiger partial charge in [-0.25, -0.2) is 0 Å². The van der Waals surface area contributed by atoms with Crippen molar-refractivity contribution in [1.29, 1.82) is 0 Å². The molecule has 3 rings (SSSR count). The molecule has 0 saturated carbocycles. The Hall–Kier alpha value is -1.38. The second-order valence-corrected chi connectivity index (χ2v) is 13.0. The lowest BCUT2D eigenvalue weighted by Gasteiger charge is -2.44. The average Bonchev–Trinajstić information content (AvgIpc) is 2.96. The van der Waals surface area contributed by atoms with Crippen LogP contribution in [0.15, 0.2) is 0 Å². The number of hydrogen-bond acceptors (Lipinski definition) is 7. The van der Waals surface area contributed by atoms with Gasteiger partial charge >= 0.3 is 0 Å². The van der Waals surface area contributed by atoms with E-state index >= 15 is 0 Å². The monoisotopic (exact) mass is 578 g/mol. The van der Waals surface area contributed by atoms with Crippen LogP contribution < -0.4 is 4.74 Å². The van der Waals surface area contributed by atoms with Crippen LogP contribution in [-0.2, 0) is 11.2 Å². The number of fused-ring (bicyclic) bond motifs is 1. The summed E-state index contributed by atoms with van der Waals surface area (Å²) in [4.78, 5) is 0. The Balaban J connectivity index is 1.52. The smallest absolute Gasteiger partial charge is 0.130 e. The summed E-state index contributed by atoms with van der Waals surface area (Å²) < 4.78 is 12.6. The number of aromatic hydroxyl groups is 1. The third-order valence-corrected chi connectivity index (χ3v) is 9.57. The van der Waals surface area contributed by atoms with E-state index in [1.807, 2.05) is 6.92 Å². The molecule has 2 heterocycles. The van der Waals surface area contributed by atoms with Gasteiger partial charge in [0.05, 0.1) is 6.61 Å². The number of aliphatic hydroxyl groups is 4. The first kappa shape index (κ1) is 34.1. The van der Waals surface area contributed by atoms with E-state index in [1.165, 1.54) is 83.5 Å². The fraction of sp³-hybridized carbons (Fsp3) is 0.824. The molecule has 1 saturated heterocycles. The van der Waals surface area contributed by atoms with Gasteiger partial charge in [0.2, 0.25) is 0 Å². The summed E-state index contributed by atoms with van der Waals surface area (Å²) in [6, 6.07) is 0. The van der Waals surface area contributed by atoms with Crippen molar-refractivity contribution in [2.24, 2.45) is 0 Å². The molecule has 7 nitrogen and oxygen atoms in total. The molecule has 0 bridgehead atoms. The summed E-state index contributed by atoms with van der Waals surface area (Å²) in [5.74, 6) is 0.719. The first-order valence-corrected chi connectivity index (χ1v) is 16.5. The SMILES string of the molecule is CCCCCCCCCCCCCCCCC1(C)CCc2c(C)c(O)c(C)c([C@@H]3O[C@H](CO)[C@@H](O)[C@H](O)[C@H]3O)c2O1. The summed E-state index contributed by atoms with van der Waals surface area (Å²) in [6.07, 6.45) is 14.5. The molecule has 1 unspecified atom stereocenters. The quantitative estimate of drug-likeness (QED) is 0.134. The normalized spacial score (nSPS) is 28.0. The fourth-order valence-corrected chi connectivity index (χ4v) is 6.71. The highest BCUT2D eigenvalue weighted by atomic mass is 16.5. The maximum atomic E-state index is 10.9. The summed E-state index contributed by atoms with van der Waals surface area (Å²) in [5, 5.41) is 52.3. The third-order valence-electron chi connectivity index (χ3n) is 9.57. The zero-order chi connectivity index (χ0) is 30.0. The number of hydrogen-bond donors (Lipinski definition) is 5. The van der Waals surface area contributed by atoms with Crippen LogP contribution in [0.1, 0.15) is 145 Å². The Kier molecular flexibility index (Phi) is 13.7. The maximum absolute atomic E-state index is 10.9. The second kappa shape index (κ2) is 16.5. The van der Waals surface area contributed by atoms with Crippen LogP contribution in [0.2, 0.25) is 0 Å². The van der Waals surface area contributed by atoms with Crippen molar-refractivity contribution in [3.63, 3.8) is 0 Å². The van der Waals surface area contributed by atoms with Gasteiger partial charge in [0.15, 0.2) is 0 Å². The lowest BCUT2D eigenvalue weighted by atomic mass is 9.81. The largest absolute Gasteiger partial charge is 0.507 e. The summed E-state index contributed by atoms with van der Waals surface area (Å²) in [6.45, 7) is 7.52. The molecule has 1 aromatic carbocycles. The molecule has 1 fully saturated rings. The second-order valence-electron chi connectivity index (χ2n) is 13.0. The molecule has 0 amide bonds. The lowest BCUT2D eigenvalue weighted by molar-refractivity contribution is -0.232. The zero-order valence-corrected chi connectivity index (χ0v) is 26.2. The van der Waals surface area contributed by atoms with E-state index in [9.17, 15) is 25.5 Å². The molecule has 0 spiro atoms. The van der Waals surface area contributed by atoms with Crippen molar-refractivity contribution in [2.45, 2.75) is 173 Å². The van der Waals surface area contributed by atoms with Gasteiger partial charge in [-0.15, -0.1) is 0 Å². The zero-order valence-electron chi connectivity index (χ0n) is 26.2. The van der Waals surface area contributed by atoms with E-state index in [0.29, 0.717) is 16.9 Å². The summed E-state index contributed by atoms with van der Waals surface area (Å²) >= 11 is 0. The van der Waals surface area contributed by atoms with E-state index in [0.717, 1.165) is 36.8 Å². The Bertz CT molecular complexity index is 932. The van der Waals surface area contributed by atoms with Gasteiger partial charge in [-0.05, 0) is 52.0 Å². The van der Waals surface area contributed by atoms with Crippen LogP contribution in [-0.4, -0.2) is 62.2 Å². The third kappa shape index (κ3) is 8.82. The van der Waals surface area contributed by atoms with E-state index in [2.05, 4.69) is 13.8 Å². The number of unbranched alkanes of at least 4 members (excludes halogenated alkanes) is 13. The number of phenolic OH excluding ortho intramolecular Hbond substituents is 1. The summed E-state index contributed by atoms with van der Waals surface area (Å²) in [5.41, 5.74) is 2.27.